The Morgan fingerprint density at radius 2 is 0.944 bits per heavy atom. The molecule has 2 nitrogen and oxygen atoms in total. The Kier molecular flexibility index (Phi) is 8.89. The van der Waals surface area contributed by atoms with E-state index in [-0.39, 0.29) is 0 Å². The molecule has 0 saturated heterocycles. The molecule has 0 bridgehead atoms. The minimum Gasteiger partial charge on any atom is -0.387 e. The molecule has 2 N–H and O–H groups in total. The molecule has 1 atom stereocenters. The van der Waals surface area contributed by atoms with Crippen molar-refractivity contribution >= 4 is 0 Å². The van der Waals surface area contributed by atoms with Crippen molar-refractivity contribution in [2.75, 3.05) is 0 Å². The third-order valence-corrected chi connectivity index (χ3v) is 4.28. The molecule has 110 valence electrons. The molecule has 0 rings (SSSR count). The number of hydrogen-bond donors (Lipinski definition) is 2. The summed E-state index contributed by atoms with van der Waals surface area (Å²) in [5, 5.41) is 21.8. The largest absolute Gasteiger partial charge is 0.387 e. The van der Waals surface area contributed by atoms with Crippen LogP contribution in [0.25, 0.3) is 0 Å². The van der Waals surface area contributed by atoms with Crippen molar-refractivity contribution in [3.05, 3.63) is 0 Å². The predicted molar refractivity (Wildman–Crippen MR) is 78.8 cm³/mol. The van der Waals surface area contributed by atoms with Crippen LogP contribution in [0, 0.1) is 0 Å². The van der Waals surface area contributed by atoms with Gasteiger partial charge < -0.3 is 10.2 Å². The minimum absolute atomic E-state index is 0.650. The summed E-state index contributed by atoms with van der Waals surface area (Å²) in [6.45, 7) is 8.40. The average molecular weight is 258 g/mol. The van der Waals surface area contributed by atoms with Crippen LogP contribution in [-0.2, 0) is 0 Å². The number of aliphatic hydroxyl groups is 2. The second kappa shape index (κ2) is 8.92. The molecule has 0 aromatic heterocycles. The van der Waals surface area contributed by atoms with Gasteiger partial charge in [0, 0.05) is 0 Å². The summed E-state index contributed by atoms with van der Waals surface area (Å²) in [6, 6.07) is 0. The van der Waals surface area contributed by atoms with Crippen molar-refractivity contribution < 1.29 is 10.2 Å². The fraction of sp³-hybridized carbons (Fsp3) is 1.00. The van der Waals surface area contributed by atoms with Gasteiger partial charge in [-0.2, -0.15) is 0 Å². The van der Waals surface area contributed by atoms with Gasteiger partial charge in [-0.15, -0.1) is 0 Å². The second-order valence-corrected chi connectivity index (χ2v) is 5.73. The standard InChI is InChI=1S/C16H34O2/c1-5-9-12-15(17,8-4)16(18,13-10-6-2)14-11-7-3/h17-18H,5-14H2,1-4H3. The Hall–Kier alpha value is -0.0800. The Labute approximate surface area is 114 Å². The van der Waals surface area contributed by atoms with E-state index in [9.17, 15) is 10.2 Å². The highest BCUT2D eigenvalue weighted by Gasteiger charge is 2.45. The normalized spacial score (nSPS) is 15.7. The number of rotatable bonds is 11. The van der Waals surface area contributed by atoms with Gasteiger partial charge in [0.25, 0.3) is 0 Å². The molecule has 0 spiro atoms. The summed E-state index contributed by atoms with van der Waals surface area (Å²) in [4.78, 5) is 0. The molecule has 2 heteroatoms. The Morgan fingerprint density at radius 3 is 1.22 bits per heavy atom. The molecule has 0 radical (unpaired) electrons. The van der Waals surface area contributed by atoms with Crippen LogP contribution in [-0.4, -0.2) is 21.4 Å². The Morgan fingerprint density at radius 1 is 0.611 bits per heavy atom. The maximum absolute atomic E-state index is 11.0. The summed E-state index contributed by atoms with van der Waals surface area (Å²) in [7, 11) is 0. The molecule has 1 unspecified atom stereocenters. The zero-order valence-electron chi connectivity index (χ0n) is 13.0. The van der Waals surface area contributed by atoms with Crippen LogP contribution >= 0.6 is 0 Å². The first-order valence-corrected chi connectivity index (χ1v) is 7.94. The van der Waals surface area contributed by atoms with Crippen LogP contribution in [0.1, 0.15) is 91.9 Å². The van der Waals surface area contributed by atoms with Crippen molar-refractivity contribution in [2.45, 2.75) is 103 Å². The van der Waals surface area contributed by atoms with Gasteiger partial charge in [-0.05, 0) is 25.7 Å². The van der Waals surface area contributed by atoms with Crippen LogP contribution < -0.4 is 0 Å². The lowest BCUT2D eigenvalue weighted by Crippen LogP contribution is -2.54. The molecule has 0 aromatic carbocycles. The third-order valence-electron chi connectivity index (χ3n) is 4.28. The number of hydrogen-bond acceptors (Lipinski definition) is 2. The van der Waals surface area contributed by atoms with E-state index in [1.165, 1.54) is 0 Å². The number of unbranched alkanes of at least 4 members (excludes halogenated alkanes) is 3. The maximum atomic E-state index is 11.0. The van der Waals surface area contributed by atoms with Crippen LogP contribution in [0.4, 0.5) is 0 Å². The van der Waals surface area contributed by atoms with Crippen LogP contribution in [0.3, 0.4) is 0 Å². The lowest BCUT2D eigenvalue weighted by molar-refractivity contribution is -0.168. The van der Waals surface area contributed by atoms with Crippen LogP contribution in [0.5, 0.6) is 0 Å². The minimum atomic E-state index is -0.895. The van der Waals surface area contributed by atoms with E-state index < -0.39 is 11.2 Å². The summed E-state index contributed by atoms with van der Waals surface area (Å²) < 4.78 is 0. The summed E-state index contributed by atoms with van der Waals surface area (Å²) in [6.07, 6.45) is 9.04. The molecule has 18 heavy (non-hydrogen) atoms. The van der Waals surface area contributed by atoms with Gasteiger partial charge >= 0.3 is 0 Å². The SMILES string of the molecule is CCCCC(O)(CC)C(O)(CCCC)CCCC. The molecular formula is C16H34O2. The van der Waals surface area contributed by atoms with Gasteiger partial charge in [-0.3, -0.25) is 0 Å². The van der Waals surface area contributed by atoms with Gasteiger partial charge in [-0.1, -0.05) is 66.2 Å². The van der Waals surface area contributed by atoms with Gasteiger partial charge in [0.2, 0.25) is 0 Å². The van der Waals surface area contributed by atoms with E-state index in [1.807, 2.05) is 6.92 Å². The molecule has 0 fully saturated rings. The Balaban J connectivity index is 4.84. The van der Waals surface area contributed by atoms with Crippen molar-refractivity contribution in [1.29, 1.82) is 0 Å². The van der Waals surface area contributed by atoms with Crippen molar-refractivity contribution in [3.63, 3.8) is 0 Å². The van der Waals surface area contributed by atoms with Gasteiger partial charge in [0.15, 0.2) is 0 Å². The molecule has 0 saturated carbocycles. The first kappa shape index (κ1) is 17.9. The van der Waals surface area contributed by atoms with Gasteiger partial charge in [0.05, 0.1) is 11.2 Å². The zero-order valence-corrected chi connectivity index (χ0v) is 13.0. The van der Waals surface area contributed by atoms with Gasteiger partial charge in [0.1, 0.15) is 0 Å². The van der Waals surface area contributed by atoms with E-state index in [1.54, 1.807) is 0 Å². The molecular weight excluding hydrogens is 224 g/mol. The van der Waals surface area contributed by atoms with Crippen molar-refractivity contribution in [3.8, 4) is 0 Å². The summed E-state index contributed by atoms with van der Waals surface area (Å²) in [5.74, 6) is 0. The molecule has 0 amide bonds. The zero-order chi connectivity index (χ0) is 14.1. The van der Waals surface area contributed by atoms with E-state index in [0.717, 1.165) is 57.8 Å². The fourth-order valence-electron chi connectivity index (χ4n) is 2.74. The van der Waals surface area contributed by atoms with Crippen LogP contribution in [0.15, 0.2) is 0 Å². The van der Waals surface area contributed by atoms with E-state index in [2.05, 4.69) is 20.8 Å². The van der Waals surface area contributed by atoms with Crippen LogP contribution in [0.2, 0.25) is 0 Å². The third kappa shape index (κ3) is 4.89. The summed E-state index contributed by atoms with van der Waals surface area (Å²) >= 11 is 0. The van der Waals surface area contributed by atoms with E-state index >= 15 is 0 Å². The summed E-state index contributed by atoms with van der Waals surface area (Å²) in [5.41, 5.74) is -1.78. The van der Waals surface area contributed by atoms with E-state index in [4.69, 9.17) is 0 Å². The first-order valence-electron chi connectivity index (χ1n) is 7.94. The molecule has 0 aliphatic rings. The lowest BCUT2D eigenvalue weighted by Gasteiger charge is -2.44. The monoisotopic (exact) mass is 258 g/mol. The Bertz CT molecular complexity index is 195. The first-order chi connectivity index (χ1) is 8.49. The highest BCUT2D eigenvalue weighted by Crippen LogP contribution is 2.38. The topological polar surface area (TPSA) is 40.5 Å². The molecule has 0 aromatic rings. The smallest absolute Gasteiger partial charge is 0.0933 e. The van der Waals surface area contributed by atoms with Gasteiger partial charge in [-0.25, -0.2) is 0 Å². The van der Waals surface area contributed by atoms with Crippen molar-refractivity contribution in [2.24, 2.45) is 0 Å². The molecule has 0 aliphatic carbocycles. The van der Waals surface area contributed by atoms with Crippen molar-refractivity contribution in [1.82, 2.24) is 0 Å². The predicted octanol–water partition coefficient (Wildman–Crippen LogP) is 4.43. The highest BCUT2D eigenvalue weighted by atomic mass is 16.4. The molecule has 0 aliphatic heterocycles. The second-order valence-electron chi connectivity index (χ2n) is 5.73. The average Bonchev–Trinajstić information content (AvgIpc) is 2.39. The maximum Gasteiger partial charge on any atom is 0.0933 e. The quantitative estimate of drug-likeness (QED) is 0.575. The van der Waals surface area contributed by atoms with E-state index in [0.29, 0.717) is 6.42 Å². The molecule has 0 heterocycles. The fourth-order valence-corrected chi connectivity index (χ4v) is 2.74. The lowest BCUT2D eigenvalue weighted by atomic mass is 9.72. The highest BCUT2D eigenvalue weighted by molar-refractivity contribution is 4.98.